The first kappa shape index (κ1) is 23.3. The predicted molar refractivity (Wildman–Crippen MR) is 114 cm³/mol. The number of carbonyl (C=O) groups excluding carboxylic acids is 1. The van der Waals surface area contributed by atoms with Gasteiger partial charge in [0.1, 0.15) is 0 Å². The molecule has 2 aromatic carbocycles. The van der Waals surface area contributed by atoms with E-state index in [1.807, 2.05) is 38.1 Å². The Morgan fingerprint density at radius 2 is 1.90 bits per heavy atom. The highest BCUT2D eigenvalue weighted by Gasteiger charge is 2.27. The molecule has 0 atom stereocenters. The number of carbonyl (C=O) groups is 1. The van der Waals surface area contributed by atoms with Crippen LogP contribution in [0.2, 0.25) is 5.02 Å². The molecule has 158 valence electrons. The summed E-state index contributed by atoms with van der Waals surface area (Å²) in [7, 11) is -3.87. The number of rotatable bonds is 11. The van der Waals surface area contributed by atoms with Crippen molar-refractivity contribution in [1.29, 1.82) is 0 Å². The normalized spacial score (nSPS) is 11.6. The van der Waals surface area contributed by atoms with Crippen molar-refractivity contribution in [2.24, 2.45) is 0 Å². The van der Waals surface area contributed by atoms with Gasteiger partial charge in [0, 0.05) is 31.3 Å². The van der Waals surface area contributed by atoms with E-state index in [4.69, 9.17) is 16.3 Å². The second-order valence-electron chi connectivity index (χ2n) is 6.62. The average Bonchev–Trinajstić information content (AvgIpc) is 2.68. The highest BCUT2D eigenvalue weighted by molar-refractivity contribution is 7.89. The lowest BCUT2D eigenvalue weighted by molar-refractivity contribution is -0.121. The Bertz CT molecular complexity index is 901. The van der Waals surface area contributed by atoms with Crippen LogP contribution in [0.25, 0.3) is 0 Å². The lowest BCUT2D eigenvalue weighted by Gasteiger charge is -2.22. The van der Waals surface area contributed by atoms with Gasteiger partial charge in [-0.1, -0.05) is 41.4 Å². The number of aryl methyl sites for hydroxylation is 1. The summed E-state index contributed by atoms with van der Waals surface area (Å²) in [6.07, 6.45) is 0.668. The van der Waals surface area contributed by atoms with Crippen LogP contribution in [0.3, 0.4) is 0 Å². The topological polar surface area (TPSA) is 75.7 Å². The fourth-order valence-electron chi connectivity index (χ4n) is 2.76. The fourth-order valence-corrected chi connectivity index (χ4v) is 4.27. The summed E-state index contributed by atoms with van der Waals surface area (Å²) in [5, 5.41) is 3.20. The molecule has 2 rings (SSSR count). The Kier molecular flexibility index (Phi) is 9.10. The summed E-state index contributed by atoms with van der Waals surface area (Å²) < 4.78 is 32.8. The van der Waals surface area contributed by atoms with Crippen molar-refractivity contribution < 1.29 is 17.9 Å². The standard InChI is InChI=1S/C21H27ClN2O4S/c1-3-28-13-5-12-23-21(25)16-24(15-18-7-4-6-17(2)14-18)29(26,27)20-10-8-19(22)9-11-20/h4,6-11,14H,3,5,12-13,15-16H2,1-2H3,(H,23,25). The van der Waals surface area contributed by atoms with Crippen molar-refractivity contribution in [3.8, 4) is 0 Å². The zero-order valence-corrected chi connectivity index (χ0v) is 18.3. The van der Waals surface area contributed by atoms with Crippen LogP contribution >= 0.6 is 11.6 Å². The number of sulfonamides is 1. The molecular formula is C21H27ClN2O4S. The van der Waals surface area contributed by atoms with Gasteiger partial charge in [-0.05, 0) is 50.1 Å². The van der Waals surface area contributed by atoms with Crippen LogP contribution in [-0.4, -0.2) is 44.9 Å². The molecular weight excluding hydrogens is 412 g/mol. The van der Waals surface area contributed by atoms with Gasteiger partial charge in [0.25, 0.3) is 0 Å². The molecule has 0 fully saturated rings. The van der Waals surface area contributed by atoms with Crippen molar-refractivity contribution in [3.63, 3.8) is 0 Å². The molecule has 1 amide bonds. The molecule has 0 aliphatic heterocycles. The number of hydrogen-bond donors (Lipinski definition) is 1. The van der Waals surface area contributed by atoms with Gasteiger partial charge in [-0.2, -0.15) is 4.31 Å². The van der Waals surface area contributed by atoms with Crippen molar-refractivity contribution in [2.75, 3.05) is 26.3 Å². The maximum Gasteiger partial charge on any atom is 0.243 e. The molecule has 1 N–H and O–H groups in total. The third-order valence-electron chi connectivity index (χ3n) is 4.20. The number of benzene rings is 2. The molecule has 0 aliphatic carbocycles. The van der Waals surface area contributed by atoms with Crippen LogP contribution in [0.15, 0.2) is 53.4 Å². The van der Waals surface area contributed by atoms with E-state index >= 15 is 0 Å². The molecule has 0 aliphatic rings. The molecule has 0 spiro atoms. The van der Waals surface area contributed by atoms with Crippen LogP contribution in [0.4, 0.5) is 0 Å². The zero-order chi connectivity index (χ0) is 21.3. The van der Waals surface area contributed by atoms with E-state index in [1.165, 1.54) is 28.6 Å². The minimum atomic E-state index is -3.87. The van der Waals surface area contributed by atoms with Gasteiger partial charge in [0.2, 0.25) is 15.9 Å². The summed E-state index contributed by atoms with van der Waals surface area (Å²) in [5.41, 5.74) is 1.83. The summed E-state index contributed by atoms with van der Waals surface area (Å²) in [6, 6.07) is 13.5. The number of ether oxygens (including phenoxy) is 1. The van der Waals surface area contributed by atoms with Gasteiger partial charge >= 0.3 is 0 Å². The molecule has 29 heavy (non-hydrogen) atoms. The fraction of sp³-hybridized carbons (Fsp3) is 0.381. The van der Waals surface area contributed by atoms with Gasteiger partial charge in [0.15, 0.2) is 0 Å². The van der Waals surface area contributed by atoms with E-state index < -0.39 is 10.0 Å². The van der Waals surface area contributed by atoms with E-state index in [0.29, 0.717) is 31.2 Å². The molecule has 2 aromatic rings. The van der Waals surface area contributed by atoms with Gasteiger partial charge in [0.05, 0.1) is 11.4 Å². The van der Waals surface area contributed by atoms with E-state index in [-0.39, 0.29) is 23.9 Å². The number of nitrogens with one attached hydrogen (secondary N) is 1. The molecule has 0 saturated heterocycles. The number of amides is 1. The minimum Gasteiger partial charge on any atom is -0.382 e. The highest BCUT2D eigenvalue weighted by Crippen LogP contribution is 2.20. The molecule has 0 aromatic heterocycles. The van der Waals surface area contributed by atoms with Gasteiger partial charge in [-0.3, -0.25) is 4.79 Å². The van der Waals surface area contributed by atoms with Crippen LogP contribution in [-0.2, 0) is 26.1 Å². The monoisotopic (exact) mass is 438 g/mol. The average molecular weight is 439 g/mol. The largest absolute Gasteiger partial charge is 0.382 e. The molecule has 6 nitrogen and oxygen atoms in total. The smallest absolute Gasteiger partial charge is 0.243 e. The molecule has 0 saturated carbocycles. The second-order valence-corrected chi connectivity index (χ2v) is 8.99. The molecule has 0 bridgehead atoms. The maximum absolute atomic E-state index is 13.2. The third kappa shape index (κ3) is 7.44. The van der Waals surface area contributed by atoms with Crippen molar-refractivity contribution in [1.82, 2.24) is 9.62 Å². The van der Waals surface area contributed by atoms with E-state index in [9.17, 15) is 13.2 Å². The minimum absolute atomic E-state index is 0.0960. The Morgan fingerprint density at radius 3 is 2.55 bits per heavy atom. The number of halogens is 1. The van der Waals surface area contributed by atoms with Gasteiger partial charge < -0.3 is 10.1 Å². The molecule has 8 heteroatoms. The molecule has 0 heterocycles. The Labute approximate surface area is 177 Å². The molecule has 0 unspecified atom stereocenters. The van der Waals surface area contributed by atoms with Crippen LogP contribution in [0, 0.1) is 6.92 Å². The van der Waals surface area contributed by atoms with Crippen LogP contribution < -0.4 is 5.32 Å². The quantitative estimate of drug-likeness (QED) is 0.545. The third-order valence-corrected chi connectivity index (χ3v) is 6.26. The summed E-state index contributed by atoms with van der Waals surface area (Å²) >= 11 is 5.88. The Morgan fingerprint density at radius 1 is 1.17 bits per heavy atom. The molecule has 0 radical (unpaired) electrons. The number of hydrogen-bond acceptors (Lipinski definition) is 4. The summed E-state index contributed by atoms with van der Waals surface area (Å²) in [5.74, 6) is -0.355. The van der Waals surface area contributed by atoms with Gasteiger partial charge in [-0.25, -0.2) is 8.42 Å². The van der Waals surface area contributed by atoms with Crippen molar-refractivity contribution in [2.45, 2.75) is 31.7 Å². The second kappa shape index (κ2) is 11.3. The first-order valence-electron chi connectivity index (χ1n) is 9.48. The van der Waals surface area contributed by atoms with E-state index in [0.717, 1.165) is 11.1 Å². The first-order valence-corrected chi connectivity index (χ1v) is 11.3. The van der Waals surface area contributed by atoms with Crippen LogP contribution in [0.5, 0.6) is 0 Å². The van der Waals surface area contributed by atoms with Crippen LogP contribution in [0.1, 0.15) is 24.5 Å². The van der Waals surface area contributed by atoms with E-state index in [2.05, 4.69) is 5.32 Å². The summed E-state index contributed by atoms with van der Waals surface area (Å²) in [6.45, 7) is 5.27. The first-order chi connectivity index (χ1) is 13.8. The van der Waals surface area contributed by atoms with Gasteiger partial charge in [-0.15, -0.1) is 0 Å². The lowest BCUT2D eigenvalue weighted by Crippen LogP contribution is -2.40. The zero-order valence-electron chi connectivity index (χ0n) is 16.7. The SMILES string of the molecule is CCOCCCNC(=O)CN(Cc1cccc(C)c1)S(=O)(=O)c1ccc(Cl)cc1. The van der Waals surface area contributed by atoms with Crippen molar-refractivity contribution >= 4 is 27.5 Å². The number of nitrogens with zero attached hydrogens (tertiary/aromatic N) is 1. The maximum atomic E-state index is 13.2. The van der Waals surface area contributed by atoms with Crippen molar-refractivity contribution in [3.05, 3.63) is 64.7 Å². The van der Waals surface area contributed by atoms with E-state index in [1.54, 1.807) is 0 Å². The predicted octanol–water partition coefficient (Wildman–Crippen LogP) is 3.38. The summed E-state index contributed by atoms with van der Waals surface area (Å²) in [4.78, 5) is 12.5. The lowest BCUT2D eigenvalue weighted by atomic mass is 10.1. The Hall–Kier alpha value is -1.93. The highest BCUT2D eigenvalue weighted by atomic mass is 35.5. The Balaban J connectivity index is 2.16.